The second-order valence-corrected chi connectivity index (χ2v) is 9.11. The summed E-state index contributed by atoms with van der Waals surface area (Å²) in [4.78, 5) is 11.4. The molecule has 0 bridgehead atoms. The highest BCUT2D eigenvalue weighted by Gasteiger charge is 2.34. The fraction of sp³-hybridized carbons (Fsp3) is 0.321. The van der Waals surface area contributed by atoms with Crippen LogP contribution in [0.5, 0.6) is 11.5 Å². The monoisotopic (exact) mass is 464 g/mol. The summed E-state index contributed by atoms with van der Waals surface area (Å²) in [5, 5.41) is 9.33. The zero-order valence-electron chi connectivity index (χ0n) is 18.9. The topological polar surface area (TPSA) is 55.8 Å². The molecule has 0 radical (unpaired) electrons. The number of hydrogen-bond donors (Lipinski definition) is 1. The Balaban J connectivity index is 1.38. The fourth-order valence-electron chi connectivity index (χ4n) is 4.91. The summed E-state index contributed by atoms with van der Waals surface area (Å²) in [6.45, 7) is 0. The van der Waals surface area contributed by atoms with Gasteiger partial charge in [-0.05, 0) is 78.0 Å². The molecule has 3 aromatic rings. The Morgan fingerprint density at radius 1 is 1.09 bits per heavy atom. The molecule has 1 N–H and O–H groups in total. The molecule has 1 saturated carbocycles. The van der Waals surface area contributed by atoms with E-state index in [-0.39, 0.29) is 29.8 Å². The van der Waals surface area contributed by atoms with Crippen LogP contribution in [0.3, 0.4) is 0 Å². The van der Waals surface area contributed by atoms with E-state index in [0.29, 0.717) is 11.5 Å². The lowest BCUT2D eigenvalue weighted by molar-refractivity contribution is -0.137. The Bertz CT molecular complexity index is 1220. The van der Waals surface area contributed by atoms with Crippen LogP contribution in [0.15, 0.2) is 54.6 Å². The lowest BCUT2D eigenvalue weighted by atomic mass is 9.88. The average molecular weight is 465 g/mol. The summed E-state index contributed by atoms with van der Waals surface area (Å²) in [5.74, 6) is -0.922. The van der Waals surface area contributed by atoms with Crippen molar-refractivity contribution in [2.75, 3.05) is 7.11 Å². The van der Waals surface area contributed by atoms with Gasteiger partial charge in [-0.2, -0.15) is 0 Å². The Morgan fingerprint density at radius 2 is 1.85 bits per heavy atom. The smallest absolute Gasteiger partial charge is 0.303 e. The van der Waals surface area contributed by atoms with Gasteiger partial charge in [0.25, 0.3) is 0 Å². The quantitative estimate of drug-likeness (QED) is 0.424. The van der Waals surface area contributed by atoms with Crippen LogP contribution < -0.4 is 9.47 Å². The van der Waals surface area contributed by atoms with Gasteiger partial charge in [0.1, 0.15) is 17.7 Å². The number of rotatable bonds is 7. The molecule has 2 aliphatic rings. The standard InChI is InChI=1S/C28H26F2O4/c1-33-24-13-11-22(29)27(28(24)30)19-7-4-17(5-8-19)23-12-10-18-6-9-20(14-25(18)34-23)21(15-26(31)32)16-2-3-16/h4-9,11,13-14,16,21,23H,2-3,10,12,15H2,1H3,(H,31,32). The SMILES string of the molecule is COc1ccc(F)c(-c2ccc(C3CCc4ccc(C(CC(=O)O)C5CC5)cc4O3)cc2)c1F. The number of halogens is 2. The summed E-state index contributed by atoms with van der Waals surface area (Å²) in [6, 6.07) is 15.6. The Labute approximate surface area is 197 Å². The molecule has 6 heteroatoms. The van der Waals surface area contributed by atoms with Gasteiger partial charge in [0.2, 0.25) is 0 Å². The van der Waals surface area contributed by atoms with E-state index < -0.39 is 17.6 Å². The first-order chi connectivity index (χ1) is 16.4. The molecule has 1 fully saturated rings. The van der Waals surface area contributed by atoms with Crippen molar-refractivity contribution in [2.45, 2.75) is 44.1 Å². The summed E-state index contributed by atoms with van der Waals surface area (Å²) in [7, 11) is 1.35. The number of carbonyl (C=O) groups is 1. The van der Waals surface area contributed by atoms with Crippen molar-refractivity contribution in [1.82, 2.24) is 0 Å². The van der Waals surface area contributed by atoms with Gasteiger partial charge in [-0.3, -0.25) is 4.79 Å². The van der Waals surface area contributed by atoms with Gasteiger partial charge in [0.15, 0.2) is 11.6 Å². The molecule has 1 heterocycles. The third-order valence-corrected chi connectivity index (χ3v) is 6.90. The second kappa shape index (κ2) is 9.09. The minimum atomic E-state index is -0.780. The van der Waals surface area contributed by atoms with E-state index in [1.807, 2.05) is 24.3 Å². The first-order valence-electron chi connectivity index (χ1n) is 11.6. The number of carboxylic acids is 1. The molecule has 1 aliphatic heterocycles. The van der Waals surface area contributed by atoms with Gasteiger partial charge in [-0.1, -0.05) is 36.4 Å². The Hall–Kier alpha value is -3.41. The van der Waals surface area contributed by atoms with Gasteiger partial charge < -0.3 is 14.6 Å². The van der Waals surface area contributed by atoms with Crippen molar-refractivity contribution in [2.24, 2.45) is 5.92 Å². The third-order valence-electron chi connectivity index (χ3n) is 6.90. The van der Waals surface area contributed by atoms with E-state index in [1.165, 1.54) is 19.2 Å². The number of methoxy groups -OCH3 is 1. The van der Waals surface area contributed by atoms with Crippen LogP contribution in [0.25, 0.3) is 11.1 Å². The molecule has 0 saturated heterocycles. The van der Waals surface area contributed by atoms with Crippen molar-refractivity contribution in [3.8, 4) is 22.6 Å². The van der Waals surface area contributed by atoms with Crippen LogP contribution in [-0.2, 0) is 11.2 Å². The normalized spacial score (nSPS) is 18.0. The lowest BCUT2D eigenvalue weighted by Gasteiger charge is -2.28. The Morgan fingerprint density at radius 3 is 2.53 bits per heavy atom. The predicted octanol–water partition coefficient (Wildman–Crippen LogP) is 6.68. The molecule has 34 heavy (non-hydrogen) atoms. The second-order valence-electron chi connectivity index (χ2n) is 9.11. The van der Waals surface area contributed by atoms with Gasteiger partial charge in [0, 0.05) is 0 Å². The van der Waals surface area contributed by atoms with Crippen LogP contribution >= 0.6 is 0 Å². The number of ether oxygens (including phenoxy) is 2. The molecule has 1 aliphatic carbocycles. The summed E-state index contributed by atoms with van der Waals surface area (Å²) >= 11 is 0. The average Bonchev–Trinajstić information content (AvgIpc) is 3.68. The number of benzene rings is 3. The van der Waals surface area contributed by atoms with E-state index in [0.717, 1.165) is 48.1 Å². The maximum absolute atomic E-state index is 14.7. The van der Waals surface area contributed by atoms with Crippen LogP contribution in [0.4, 0.5) is 8.78 Å². The minimum Gasteiger partial charge on any atom is -0.494 e. The molecule has 0 amide bonds. The van der Waals surface area contributed by atoms with Crippen LogP contribution in [0.1, 0.15) is 54.4 Å². The highest BCUT2D eigenvalue weighted by molar-refractivity contribution is 5.68. The fourth-order valence-corrected chi connectivity index (χ4v) is 4.91. The molecule has 0 spiro atoms. The van der Waals surface area contributed by atoms with Crippen molar-refractivity contribution >= 4 is 5.97 Å². The third kappa shape index (κ3) is 4.37. The van der Waals surface area contributed by atoms with Crippen molar-refractivity contribution in [3.63, 3.8) is 0 Å². The number of hydrogen-bond acceptors (Lipinski definition) is 3. The Kier molecular flexibility index (Phi) is 5.98. The number of aryl methyl sites for hydroxylation is 1. The number of fused-ring (bicyclic) bond motifs is 1. The van der Waals surface area contributed by atoms with E-state index in [2.05, 4.69) is 6.07 Å². The minimum absolute atomic E-state index is 0.00379. The van der Waals surface area contributed by atoms with E-state index in [1.54, 1.807) is 12.1 Å². The van der Waals surface area contributed by atoms with Crippen LogP contribution in [0.2, 0.25) is 0 Å². The molecule has 2 unspecified atom stereocenters. The first-order valence-corrected chi connectivity index (χ1v) is 11.6. The van der Waals surface area contributed by atoms with Crippen LogP contribution in [0, 0.1) is 17.6 Å². The van der Waals surface area contributed by atoms with E-state index in [9.17, 15) is 18.7 Å². The van der Waals surface area contributed by atoms with Gasteiger partial charge >= 0.3 is 5.97 Å². The summed E-state index contributed by atoms with van der Waals surface area (Å²) in [5.41, 5.74) is 3.37. The number of carboxylic acid groups (broad SMARTS) is 1. The van der Waals surface area contributed by atoms with Gasteiger partial charge in [0.05, 0.1) is 19.1 Å². The molecule has 4 nitrogen and oxygen atoms in total. The maximum atomic E-state index is 14.7. The highest BCUT2D eigenvalue weighted by Crippen LogP contribution is 2.46. The zero-order chi connectivity index (χ0) is 23.8. The highest BCUT2D eigenvalue weighted by atomic mass is 19.1. The van der Waals surface area contributed by atoms with E-state index >= 15 is 0 Å². The summed E-state index contributed by atoms with van der Waals surface area (Å²) in [6.07, 6.45) is 3.71. The largest absolute Gasteiger partial charge is 0.494 e. The summed E-state index contributed by atoms with van der Waals surface area (Å²) < 4.78 is 40.3. The molecular weight excluding hydrogens is 438 g/mol. The van der Waals surface area contributed by atoms with Crippen molar-refractivity contribution in [1.29, 1.82) is 0 Å². The van der Waals surface area contributed by atoms with E-state index in [4.69, 9.17) is 9.47 Å². The molecule has 3 aromatic carbocycles. The molecular formula is C28H26F2O4. The lowest BCUT2D eigenvalue weighted by Crippen LogP contribution is -2.16. The molecule has 5 rings (SSSR count). The van der Waals surface area contributed by atoms with Gasteiger partial charge in [-0.15, -0.1) is 0 Å². The van der Waals surface area contributed by atoms with Crippen molar-refractivity contribution < 1.29 is 28.2 Å². The molecule has 0 aromatic heterocycles. The first kappa shape index (κ1) is 22.4. The van der Waals surface area contributed by atoms with Crippen LogP contribution in [-0.4, -0.2) is 18.2 Å². The number of aliphatic carboxylic acids is 1. The molecule has 176 valence electrons. The molecule has 2 atom stereocenters. The zero-order valence-corrected chi connectivity index (χ0v) is 18.9. The predicted molar refractivity (Wildman–Crippen MR) is 124 cm³/mol. The van der Waals surface area contributed by atoms with Crippen molar-refractivity contribution in [3.05, 3.63) is 82.9 Å². The van der Waals surface area contributed by atoms with Gasteiger partial charge in [-0.25, -0.2) is 8.78 Å². The maximum Gasteiger partial charge on any atom is 0.303 e.